The number of hydrogen-bond donors (Lipinski definition) is 0. The minimum absolute atomic E-state index is 0.0409. The van der Waals surface area contributed by atoms with E-state index in [1.54, 1.807) is 6.92 Å². The second-order valence-corrected chi connectivity index (χ2v) is 6.52. The van der Waals surface area contributed by atoms with Crippen molar-refractivity contribution in [2.24, 2.45) is 0 Å². The van der Waals surface area contributed by atoms with Crippen LogP contribution in [0.3, 0.4) is 0 Å². The molecule has 0 bridgehead atoms. The van der Waals surface area contributed by atoms with Gasteiger partial charge in [0.1, 0.15) is 0 Å². The van der Waals surface area contributed by atoms with E-state index in [9.17, 15) is 30.7 Å². The van der Waals surface area contributed by atoms with Crippen LogP contribution in [0.15, 0.2) is 0 Å². The summed E-state index contributed by atoms with van der Waals surface area (Å²) in [5, 5.41) is 0. The average Bonchev–Trinajstić information content (AvgIpc) is 2.14. The number of rotatable bonds is 5. The fourth-order valence-corrected chi connectivity index (χ4v) is 2.70. The molecule has 0 saturated carbocycles. The zero-order chi connectivity index (χ0) is 14.8. The van der Waals surface area contributed by atoms with Crippen molar-refractivity contribution in [2.75, 3.05) is 0 Å². The van der Waals surface area contributed by atoms with Gasteiger partial charge in [-0.3, -0.25) is 0 Å². The van der Waals surface area contributed by atoms with Crippen molar-refractivity contribution < 1.29 is 30.7 Å². The van der Waals surface area contributed by atoms with E-state index < -0.39 is 27.9 Å². The molecule has 0 amide bonds. The fourth-order valence-electron chi connectivity index (χ4n) is 1.64. The standard InChI is InChI=1S/C10H14F7I/c1-3-5-7(18,4-2)6-8(11,9(12,13)14)10(15,16)17/h3-6H2,1-2H3. The van der Waals surface area contributed by atoms with Gasteiger partial charge in [0.25, 0.3) is 5.67 Å². The van der Waals surface area contributed by atoms with Crippen LogP contribution in [0, 0.1) is 0 Å². The molecule has 0 saturated heterocycles. The summed E-state index contributed by atoms with van der Waals surface area (Å²) in [6.07, 6.45) is -13.0. The molecule has 0 N–H and O–H groups in total. The van der Waals surface area contributed by atoms with Crippen molar-refractivity contribution in [2.45, 2.75) is 61.0 Å². The molecule has 8 heteroatoms. The molecule has 1 atom stereocenters. The van der Waals surface area contributed by atoms with E-state index >= 15 is 0 Å². The van der Waals surface area contributed by atoms with Gasteiger partial charge < -0.3 is 0 Å². The van der Waals surface area contributed by atoms with E-state index in [4.69, 9.17) is 0 Å². The van der Waals surface area contributed by atoms with Crippen LogP contribution in [-0.4, -0.2) is 21.4 Å². The van der Waals surface area contributed by atoms with Gasteiger partial charge in [-0.25, -0.2) is 4.39 Å². The van der Waals surface area contributed by atoms with Gasteiger partial charge in [0.2, 0.25) is 0 Å². The van der Waals surface area contributed by atoms with E-state index in [1.807, 2.05) is 0 Å². The van der Waals surface area contributed by atoms with Crippen LogP contribution in [0.5, 0.6) is 0 Å². The molecular formula is C10H14F7I. The van der Waals surface area contributed by atoms with E-state index in [1.165, 1.54) is 29.5 Å². The van der Waals surface area contributed by atoms with Crippen molar-refractivity contribution in [1.29, 1.82) is 0 Å². The Morgan fingerprint density at radius 1 is 0.833 bits per heavy atom. The third-order valence-electron chi connectivity index (χ3n) is 2.79. The molecule has 1 unspecified atom stereocenters. The third-order valence-corrected chi connectivity index (χ3v) is 4.47. The predicted molar refractivity (Wildman–Crippen MR) is 62.5 cm³/mol. The van der Waals surface area contributed by atoms with E-state index in [0.717, 1.165) is 0 Å². The fraction of sp³-hybridized carbons (Fsp3) is 1.00. The van der Waals surface area contributed by atoms with Crippen molar-refractivity contribution in [3.63, 3.8) is 0 Å². The van der Waals surface area contributed by atoms with Gasteiger partial charge in [0.05, 0.1) is 0 Å². The normalized spacial score (nSPS) is 17.7. The Bertz CT molecular complexity index is 256. The monoisotopic (exact) mass is 394 g/mol. The molecule has 0 aliphatic rings. The second-order valence-electron chi connectivity index (χ2n) is 4.23. The average molecular weight is 394 g/mol. The first kappa shape index (κ1) is 18.2. The molecule has 0 aromatic heterocycles. The molecule has 0 aliphatic heterocycles. The first-order valence-electron chi connectivity index (χ1n) is 5.34. The van der Waals surface area contributed by atoms with Gasteiger partial charge in [0, 0.05) is 9.84 Å². The summed E-state index contributed by atoms with van der Waals surface area (Å²) >= 11 is 1.50. The van der Waals surface area contributed by atoms with E-state index in [-0.39, 0.29) is 12.8 Å². The highest BCUT2D eigenvalue weighted by molar-refractivity contribution is 14.1. The van der Waals surface area contributed by atoms with Crippen LogP contribution in [0.1, 0.15) is 39.5 Å². The number of alkyl halides is 8. The third kappa shape index (κ3) is 3.86. The molecule has 110 valence electrons. The summed E-state index contributed by atoms with van der Waals surface area (Å²) in [4.78, 5) is 0. The molecule has 0 radical (unpaired) electrons. The Kier molecular flexibility index (Phi) is 5.78. The lowest BCUT2D eigenvalue weighted by molar-refractivity contribution is -0.344. The molecule has 0 heterocycles. The highest BCUT2D eigenvalue weighted by Gasteiger charge is 2.73. The molecule has 0 nitrogen and oxygen atoms in total. The van der Waals surface area contributed by atoms with Crippen LogP contribution < -0.4 is 0 Å². The lowest BCUT2D eigenvalue weighted by Crippen LogP contribution is -2.56. The topological polar surface area (TPSA) is 0 Å². The van der Waals surface area contributed by atoms with Crippen LogP contribution >= 0.6 is 22.6 Å². The van der Waals surface area contributed by atoms with Gasteiger partial charge in [-0.05, 0) is 12.8 Å². The summed E-state index contributed by atoms with van der Waals surface area (Å²) in [5.74, 6) is 0. The van der Waals surface area contributed by atoms with Crippen LogP contribution in [0.2, 0.25) is 0 Å². The number of hydrogen-bond acceptors (Lipinski definition) is 0. The molecular weight excluding hydrogens is 380 g/mol. The molecule has 0 aliphatic carbocycles. The second kappa shape index (κ2) is 5.70. The molecule has 0 aromatic rings. The van der Waals surface area contributed by atoms with Gasteiger partial charge in [-0.2, -0.15) is 26.3 Å². The minimum Gasteiger partial charge on any atom is -0.224 e. The SMILES string of the molecule is CCCC(I)(CC)CC(F)(C(F)(F)F)C(F)(F)F. The van der Waals surface area contributed by atoms with Gasteiger partial charge in [-0.15, -0.1) is 0 Å². The summed E-state index contributed by atoms with van der Waals surface area (Å²) in [5.41, 5.74) is -5.15. The van der Waals surface area contributed by atoms with E-state index in [2.05, 4.69) is 0 Å². The summed E-state index contributed by atoms with van der Waals surface area (Å²) in [6, 6.07) is 0. The first-order valence-corrected chi connectivity index (χ1v) is 6.42. The Balaban J connectivity index is 5.40. The van der Waals surface area contributed by atoms with Gasteiger partial charge >= 0.3 is 12.4 Å². The minimum atomic E-state index is -5.95. The van der Waals surface area contributed by atoms with Crippen molar-refractivity contribution in [3.8, 4) is 0 Å². The molecule has 18 heavy (non-hydrogen) atoms. The maximum Gasteiger partial charge on any atom is 0.431 e. The van der Waals surface area contributed by atoms with Crippen molar-refractivity contribution in [3.05, 3.63) is 0 Å². The first-order chi connectivity index (χ1) is 7.83. The zero-order valence-corrected chi connectivity index (χ0v) is 12.0. The van der Waals surface area contributed by atoms with Crippen LogP contribution in [-0.2, 0) is 0 Å². The lowest BCUT2D eigenvalue weighted by Gasteiger charge is -2.37. The summed E-state index contributed by atoms with van der Waals surface area (Å²) in [6.45, 7) is 3.08. The van der Waals surface area contributed by atoms with Gasteiger partial charge in [-0.1, -0.05) is 42.9 Å². The predicted octanol–water partition coefficient (Wildman–Crippen LogP) is 5.59. The van der Waals surface area contributed by atoms with E-state index in [0.29, 0.717) is 6.42 Å². The summed E-state index contributed by atoms with van der Waals surface area (Å²) < 4.78 is 86.7. The smallest absolute Gasteiger partial charge is 0.224 e. The largest absolute Gasteiger partial charge is 0.431 e. The molecule has 0 spiro atoms. The zero-order valence-electron chi connectivity index (χ0n) is 9.85. The highest BCUT2D eigenvalue weighted by Crippen LogP contribution is 2.53. The van der Waals surface area contributed by atoms with Crippen molar-refractivity contribution in [1.82, 2.24) is 0 Å². The Labute approximate surface area is 114 Å². The number of halogens is 8. The molecule has 0 rings (SSSR count). The lowest BCUT2D eigenvalue weighted by atomic mass is 9.86. The maximum atomic E-state index is 13.6. The Hall–Kier alpha value is 0.240. The van der Waals surface area contributed by atoms with Crippen LogP contribution in [0.4, 0.5) is 30.7 Å². The van der Waals surface area contributed by atoms with Crippen LogP contribution in [0.25, 0.3) is 0 Å². The molecule has 0 aromatic carbocycles. The quantitative estimate of drug-likeness (QED) is 0.324. The van der Waals surface area contributed by atoms with Crippen molar-refractivity contribution >= 4 is 22.6 Å². The Morgan fingerprint density at radius 3 is 1.44 bits per heavy atom. The summed E-state index contributed by atoms with van der Waals surface area (Å²) in [7, 11) is 0. The maximum absolute atomic E-state index is 13.6. The Morgan fingerprint density at radius 2 is 1.22 bits per heavy atom. The highest BCUT2D eigenvalue weighted by atomic mass is 127. The van der Waals surface area contributed by atoms with Gasteiger partial charge in [0.15, 0.2) is 0 Å². The molecule has 0 fully saturated rings.